The van der Waals surface area contributed by atoms with Gasteiger partial charge in [0.2, 0.25) is 12.3 Å². The molecule has 1 saturated carbocycles. The van der Waals surface area contributed by atoms with Crippen molar-refractivity contribution >= 4 is 16.9 Å². The van der Waals surface area contributed by atoms with E-state index >= 15 is 4.39 Å². The fourth-order valence-electron chi connectivity index (χ4n) is 4.16. The molecule has 0 radical (unpaired) electrons. The molecule has 2 aliphatic rings. The van der Waals surface area contributed by atoms with Crippen LogP contribution < -0.4 is 15.5 Å². The number of fused-ring (bicyclic) bond motifs is 2. The zero-order valence-electron chi connectivity index (χ0n) is 15.9. The van der Waals surface area contributed by atoms with Gasteiger partial charge in [-0.3, -0.25) is 4.79 Å². The minimum Gasteiger partial charge on any atom is -0.477 e. The summed E-state index contributed by atoms with van der Waals surface area (Å²) in [6, 6.07) is 6.45. The van der Waals surface area contributed by atoms with Gasteiger partial charge in [-0.2, -0.15) is 0 Å². The molecule has 5 rings (SSSR count). The molecule has 8 heteroatoms. The highest BCUT2D eigenvalue weighted by atomic mass is 19.1. The lowest BCUT2D eigenvalue weighted by molar-refractivity contribution is 0.0694. The molecule has 0 amide bonds. The standard InChI is InChI=1S/C22H18F2N2O4/c23-10-30-21-18(11-1-2-12-7-25-8-13(12)5-11)17(24)6-15-19(21)26(14-3-4-14)9-16(20(15)27)22(28)29/h1-2,5-6,9,14,25H,3-4,7-8,10H2,(H,28,29). The lowest BCUT2D eigenvalue weighted by Crippen LogP contribution is -2.19. The number of rotatable bonds is 5. The number of ether oxygens (including phenoxy) is 1. The zero-order valence-corrected chi connectivity index (χ0v) is 15.9. The van der Waals surface area contributed by atoms with E-state index in [4.69, 9.17) is 4.74 Å². The fourth-order valence-corrected chi connectivity index (χ4v) is 4.16. The molecule has 2 N–H and O–H groups in total. The van der Waals surface area contributed by atoms with Crippen molar-refractivity contribution in [3.63, 3.8) is 0 Å². The average Bonchev–Trinajstić information content (AvgIpc) is 3.45. The summed E-state index contributed by atoms with van der Waals surface area (Å²) in [5.41, 5.74) is 1.65. The number of benzene rings is 2. The molecular formula is C22H18F2N2O4. The van der Waals surface area contributed by atoms with Gasteiger partial charge in [0.05, 0.1) is 16.5 Å². The van der Waals surface area contributed by atoms with E-state index < -0.39 is 29.6 Å². The lowest BCUT2D eigenvalue weighted by Gasteiger charge is -2.19. The van der Waals surface area contributed by atoms with Crippen molar-refractivity contribution in [2.24, 2.45) is 0 Å². The Hall–Kier alpha value is -3.26. The molecule has 0 bridgehead atoms. The molecule has 1 aromatic heterocycles. The molecular weight excluding hydrogens is 394 g/mol. The van der Waals surface area contributed by atoms with Gasteiger partial charge in [-0.25, -0.2) is 13.6 Å². The summed E-state index contributed by atoms with van der Waals surface area (Å²) in [6.07, 6.45) is 2.82. The van der Waals surface area contributed by atoms with E-state index in [0.29, 0.717) is 12.1 Å². The van der Waals surface area contributed by atoms with Crippen molar-refractivity contribution in [3.8, 4) is 16.9 Å². The van der Waals surface area contributed by atoms with Gasteiger partial charge in [0.25, 0.3) is 0 Å². The van der Waals surface area contributed by atoms with Gasteiger partial charge >= 0.3 is 5.97 Å². The lowest BCUT2D eigenvalue weighted by atomic mass is 9.97. The van der Waals surface area contributed by atoms with E-state index in [1.165, 1.54) is 6.20 Å². The second kappa shape index (κ2) is 6.91. The Labute approximate surface area is 169 Å². The number of carbonyl (C=O) groups is 1. The third kappa shape index (κ3) is 2.87. The van der Waals surface area contributed by atoms with Crippen LogP contribution in [0.5, 0.6) is 5.75 Å². The number of halogens is 2. The maximum atomic E-state index is 15.3. The molecule has 6 nitrogen and oxygen atoms in total. The number of alkyl halides is 1. The van der Waals surface area contributed by atoms with Gasteiger partial charge in [-0.1, -0.05) is 12.1 Å². The van der Waals surface area contributed by atoms with Crippen molar-refractivity contribution in [1.82, 2.24) is 9.88 Å². The summed E-state index contributed by atoms with van der Waals surface area (Å²) < 4.78 is 35.5. The number of aromatic nitrogens is 1. The summed E-state index contributed by atoms with van der Waals surface area (Å²) in [6.45, 7) is 0.160. The highest BCUT2D eigenvalue weighted by Gasteiger charge is 2.30. The SMILES string of the molecule is O=C(O)c1cn(C2CC2)c2c(OCF)c(-c3ccc4c(c3)CNC4)c(F)cc2c1=O. The van der Waals surface area contributed by atoms with E-state index in [9.17, 15) is 19.1 Å². The number of carboxylic acids is 1. The van der Waals surface area contributed by atoms with Crippen LogP contribution in [0.25, 0.3) is 22.0 Å². The average molecular weight is 412 g/mol. The van der Waals surface area contributed by atoms with Crippen molar-refractivity contribution in [1.29, 1.82) is 0 Å². The first-order valence-corrected chi connectivity index (χ1v) is 9.66. The molecule has 0 atom stereocenters. The molecule has 2 heterocycles. The number of nitrogens with one attached hydrogen (secondary N) is 1. The first-order chi connectivity index (χ1) is 14.5. The molecule has 1 aliphatic heterocycles. The van der Waals surface area contributed by atoms with Gasteiger partial charge in [-0.15, -0.1) is 0 Å². The second-order valence-electron chi connectivity index (χ2n) is 7.61. The van der Waals surface area contributed by atoms with Gasteiger partial charge in [0, 0.05) is 25.3 Å². The van der Waals surface area contributed by atoms with Crippen LogP contribution in [-0.4, -0.2) is 22.5 Å². The van der Waals surface area contributed by atoms with Crippen LogP contribution in [0.15, 0.2) is 35.3 Å². The second-order valence-corrected chi connectivity index (χ2v) is 7.61. The number of pyridine rings is 1. The van der Waals surface area contributed by atoms with Crippen molar-refractivity contribution in [2.75, 3.05) is 6.86 Å². The Morgan fingerprint density at radius 3 is 2.70 bits per heavy atom. The Kier molecular flexibility index (Phi) is 4.32. The van der Waals surface area contributed by atoms with Crippen LogP contribution in [0, 0.1) is 5.82 Å². The maximum Gasteiger partial charge on any atom is 0.341 e. The van der Waals surface area contributed by atoms with Crippen LogP contribution in [-0.2, 0) is 13.1 Å². The molecule has 0 spiro atoms. The minimum atomic E-state index is -1.39. The molecule has 30 heavy (non-hydrogen) atoms. The summed E-state index contributed by atoms with van der Waals surface area (Å²) in [5.74, 6) is -2.24. The predicted molar refractivity (Wildman–Crippen MR) is 106 cm³/mol. The number of nitrogens with zero attached hydrogens (tertiary/aromatic N) is 1. The number of carboxylic acid groups (broad SMARTS) is 1. The molecule has 1 fully saturated rings. The molecule has 154 valence electrons. The normalized spacial score (nSPS) is 15.4. The van der Waals surface area contributed by atoms with Crippen LogP contribution in [0.3, 0.4) is 0 Å². The Balaban J connectivity index is 1.86. The third-order valence-corrected chi connectivity index (χ3v) is 5.72. The van der Waals surface area contributed by atoms with E-state index in [1.54, 1.807) is 10.6 Å². The Bertz CT molecular complexity index is 1260. The van der Waals surface area contributed by atoms with Crippen molar-refractivity contribution in [2.45, 2.75) is 32.0 Å². The maximum absolute atomic E-state index is 15.3. The monoisotopic (exact) mass is 412 g/mol. The van der Waals surface area contributed by atoms with Crippen molar-refractivity contribution in [3.05, 3.63) is 63.2 Å². The fraction of sp³-hybridized carbons (Fsp3) is 0.273. The quantitative estimate of drug-likeness (QED) is 0.667. The largest absolute Gasteiger partial charge is 0.477 e. The number of aromatic carboxylic acids is 1. The number of hydrogen-bond donors (Lipinski definition) is 2. The zero-order chi connectivity index (χ0) is 21.0. The topological polar surface area (TPSA) is 80.6 Å². The van der Waals surface area contributed by atoms with E-state index in [-0.39, 0.29) is 28.3 Å². The molecule has 0 saturated heterocycles. The predicted octanol–water partition coefficient (Wildman–Crippen LogP) is 3.75. The molecule has 3 aromatic rings. The van der Waals surface area contributed by atoms with Crippen LogP contribution >= 0.6 is 0 Å². The first kappa shape index (κ1) is 18.7. The molecule has 0 unspecified atom stereocenters. The van der Waals surface area contributed by atoms with Crippen molar-refractivity contribution < 1.29 is 23.4 Å². The summed E-state index contributed by atoms with van der Waals surface area (Å²) in [4.78, 5) is 24.3. The van der Waals surface area contributed by atoms with Crippen LogP contribution in [0.4, 0.5) is 8.78 Å². The van der Waals surface area contributed by atoms with Crippen LogP contribution in [0.1, 0.15) is 40.4 Å². The highest BCUT2D eigenvalue weighted by Crippen LogP contribution is 2.44. The molecule has 2 aromatic carbocycles. The van der Waals surface area contributed by atoms with Gasteiger partial charge in [0.15, 0.2) is 5.75 Å². The Morgan fingerprint density at radius 1 is 1.23 bits per heavy atom. The van der Waals surface area contributed by atoms with Gasteiger partial charge in [0.1, 0.15) is 11.4 Å². The van der Waals surface area contributed by atoms with Gasteiger partial charge in [-0.05, 0) is 41.7 Å². The third-order valence-electron chi connectivity index (χ3n) is 5.72. The Morgan fingerprint density at radius 2 is 2.00 bits per heavy atom. The highest BCUT2D eigenvalue weighted by molar-refractivity contribution is 5.98. The minimum absolute atomic E-state index is 0.0457. The summed E-state index contributed by atoms with van der Waals surface area (Å²) in [7, 11) is 0. The molecule has 1 aliphatic carbocycles. The number of hydrogen-bond acceptors (Lipinski definition) is 4. The van der Waals surface area contributed by atoms with Crippen LogP contribution in [0.2, 0.25) is 0 Å². The van der Waals surface area contributed by atoms with E-state index in [0.717, 1.165) is 36.6 Å². The smallest absolute Gasteiger partial charge is 0.341 e. The van der Waals surface area contributed by atoms with E-state index in [1.807, 2.05) is 12.1 Å². The summed E-state index contributed by atoms with van der Waals surface area (Å²) >= 11 is 0. The van der Waals surface area contributed by atoms with Gasteiger partial charge < -0.3 is 19.7 Å². The summed E-state index contributed by atoms with van der Waals surface area (Å²) in [5, 5.41) is 12.5. The first-order valence-electron chi connectivity index (χ1n) is 9.66. The van der Waals surface area contributed by atoms with E-state index in [2.05, 4.69) is 5.32 Å².